The molecule has 0 radical (unpaired) electrons. The molecule has 0 saturated heterocycles. The van der Waals surface area contributed by atoms with Crippen molar-refractivity contribution >= 4 is 11.9 Å². The topological polar surface area (TPSA) is 71.3 Å². The van der Waals surface area contributed by atoms with E-state index < -0.39 is 11.9 Å². The fourth-order valence-electron chi connectivity index (χ4n) is 1.72. The summed E-state index contributed by atoms with van der Waals surface area (Å²) in [4.78, 5) is 22.0. The Kier molecular flexibility index (Phi) is 2.94. The monoisotopic (exact) mass is 222 g/mol. The SMILES string of the molecule is O=C(O)[C@H]1C[C@H]1C(=O)NCCn1cccc1. The third kappa shape index (κ3) is 2.42. The number of amides is 1. The van der Waals surface area contributed by atoms with E-state index >= 15 is 0 Å². The molecular formula is C11H14N2O3. The number of hydrogen-bond donors (Lipinski definition) is 2. The van der Waals surface area contributed by atoms with Crippen LogP contribution in [0.4, 0.5) is 0 Å². The molecule has 1 fully saturated rings. The zero-order chi connectivity index (χ0) is 11.5. The minimum absolute atomic E-state index is 0.139. The molecule has 2 N–H and O–H groups in total. The van der Waals surface area contributed by atoms with E-state index in [0.717, 1.165) is 0 Å². The number of carboxylic acids is 1. The van der Waals surface area contributed by atoms with Crippen molar-refractivity contribution in [2.75, 3.05) is 6.54 Å². The average molecular weight is 222 g/mol. The molecule has 5 nitrogen and oxygen atoms in total. The Bertz CT molecular complexity index is 386. The molecule has 0 unspecified atom stereocenters. The van der Waals surface area contributed by atoms with Crippen LogP contribution in [0.3, 0.4) is 0 Å². The molecule has 1 amide bonds. The molecule has 2 atom stereocenters. The maximum absolute atomic E-state index is 11.5. The van der Waals surface area contributed by atoms with Crippen LogP contribution in [0.1, 0.15) is 6.42 Å². The number of carbonyl (C=O) groups is 2. The maximum atomic E-state index is 11.5. The second-order valence-corrected chi connectivity index (χ2v) is 4.00. The Hall–Kier alpha value is -1.78. The smallest absolute Gasteiger partial charge is 0.307 e. The number of carbonyl (C=O) groups excluding carboxylic acids is 1. The van der Waals surface area contributed by atoms with Crippen molar-refractivity contribution in [1.29, 1.82) is 0 Å². The number of aromatic nitrogens is 1. The van der Waals surface area contributed by atoms with Gasteiger partial charge >= 0.3 is 5.97 Å². The van der Waals surface area contributed by atoms with Crippen molar-refractivity contribution in [2.24, 2.45) is 11.8 Å². The fourth-order valence-corrected chi connectivity index (χ4v) is 1.72. The van der Waals surface area contributed by atoms with Crippen LogP contribution in [0.5, 0.6) is 0 Å². The average Bonchev–Trinajstić information content (AvgIpc) is 2.90. The number of hydrogen-bond acceptors (Lipinski definition) is 2. The summed E-state index contributed by atoms with van der Waals surface area (Å²) in [6.07, 6.45) is 4.32. The van der Waals surface area contributed by atoms with Gasteiger partial charge in [-0.25, -0.2) is 0 Å². The van der Waals surface area contributed by atoms with Crippen LogP contribution in [-0.4, -0.2) is 28.1 Å². The van der Waals surface area contributed by atoms with Gasteiger partial charge in [0.05, 0.1) is 11.8 Å². The maximum Gasteiger partial charge on any atom is 0.307 e. The van der Waals surface area contributed by atoms with E-state index in [1.165, 1.54) is 0 Å². The Labute approximate surface area is 93.1 Å². The summed E-state index contributed by atoms with van der Waals surface area (Å²) in [7, 11) is 0. The van der Waals surface area contributed by atoms with Crippen LogP contribution in [0.25, 0.3) is 0 Å². The Balaban J connectivity index is 1.68. The third-order valence-electron chi connectivity index (χ3n) is 2.78. The van der Waals surface area contributed by atoms with Crippen LogP contribution in [0.2, 0.25) is 0 Å². The van der Waals surface area contributed by atoms with Gasteiger partial charge in [-0.1, -0.05) is 0 Å². The van der Waals surface area contributed by atoms with Gasteiger partial charge in [-0.2, -0.15) is 0 Å². The summed E-state index contributed by atoms with van der Waals surface area (Å²) >= 11 is 0. The number of aliphatic carboxylic acids is 1. The lowest BCUT2D eigenvalue weighted by atomic mass is 10.3. The number of carboxylic acid groups (broad SMARTS) is 1. The van der Waals surface area contributed by atoms with E-state index in [4.69, 9.17) is 5.11 Å². The molecule has 0 bridgehead atoms. The van der Waals surface area contributed by atoms with Gasteiger partial charge in [0.2, 0.25) is 5.91 Å². The van der Waals surface area contributed by atoms with Crippen molar-refractivity contribution in [1.82, 2.24) is 9.88 Å². The second-order valence-electron chi connectivity index (χ2n) is 4.00. The zero-order valence-corrected chi connectivity index (χ0v) is 8.80. The molecule has 1 aliphatic carbocycles. The highest BCUT2D eigenvalue weighted by Gasteiger charge is 2.48. The number of nitrogens with one attached hydrogen (secondary N) is 1. The van der Waals surface area contributed by atoms with Gasteiger partial charge in [-0.05, 0) is 18.6 Å². The molecule has 1 aromatic heterocycles. The van der Waals surface area contributed by atoms with E-state index in [0.29, 0.717) is 19.5 Å². The highest BCUT2D eigenvalue weighted by molar-refractivity contribution is 5.89. The Morgan fingerprint density at radius 1 is 1.31 bits per heavy atom. The summed E-state index contributed by atoms with van der Waals surface area (Å²) in [5.74, 6) is -1.79. The number of rotatable bonds is 5. The molecule has 1 aromatic rings. The molecule has 0 aromatic carbocycles. The van der Waals surface area contributed by atoms with Crippen LogP contribution in [0.15, 0.2) is 24.5 Å². The van der Waals surface area contributed by atoms with E-state index in [1.54, 1.807) is 0 Å². The summed E-state index contributed by atoms with van der Waals surface area (Å²) in [6, 6.07) is 3.84. The molecule has 5 heteroatoms. The van der Waals surface area contributed by atoms with Crippen LogP contribution in [-0.2, 0) is 16.1 Å². The van der Waals surface area contributed by atoms with E-state index in [-0.39, 0.29) is 11.8 Å². The van der Waals surface area contributed by atoms with Crippen molar-refractivity contribution in [3.8, 4) is 0 Å². The molecule has 0 aliphatic heterocycles. The predicted molar refractivity (Wildman–Crippen MR) is 56.7 cm³/mol. The molecular weight excluding hydrogens is 208 g/mol. The lowest BCUT2D eigenvalue weighted by Crippen LogP contribution is -2.29. The van der Waals surface area contributed by atoms with Crippen LogP contribution in [0, 0.1) is 11.8 Å². The molecule has 16 heavy (non-hydrogen) atoms. The first-order chi connectivity index (χ1) is 7.68. The summed E-state index contributed by atoms with van der Waals surface area (Å²) in [5.41, 5.74) is 0. The minimum atomic E-state index is -0.870. The molecule has 86 valence electrons. The van der Waals surface area contributed by atoms with Gasteiger partial charge in [0.15, 0.2) is 0 Å². The van der Waals surface area contributed by atoms with Crippen molar-refractivity contribution in [3.63, 3.8) is 0 Å². The fraction of sp³-hybridized carbons (Fsp3) is 0.455. The van der Waals surface area contributed by atoms with E-state index in [2.05, 4.69) is 5.32 Å². The second kappa shape index (κ2) is 4.38. The van der Waals surface area contributed by atoms with Crippen molar-refractivity contribution in [2.45, 2.75) is 13.0 Å². The summed E-state index contributed by atoms with van der Waals surface area (Å²) < 4.78 is 1.96. The first-order valence-electron chi connectivity index (χ1n) is 5.30. The quantitative estimate of drug-likeness (QED) is 0.754. The molecule has 0 spiro atoms. The normalized spacial score (nSPS) is 22.8. The van der Waals surface area contributed by atoms with E-state index in [9.17, 15) is 9.59 Å². The van der Waals surface area contributed by atoms with Gasteiger partial charge in [-0.3, -0.25) is 9.59 Å². The number of nitrogens with zero attached hydrogens (tertiary/aromatic N) is 1. The van der Waals surface area contributed by atoms with Crippen molar-refractivity contribution in [3.05, 3.63) is 24.5 Å². The molecule has 1 heterocycles. The van der Waals surface area contributed by atoms with Gasteiger partial charge < -0.3 is 15.0 Å². The zero-order valence-electron chi connectivity index (χ0n) is 8.80. The highest BCUT2D eigenvalue weighted by Crippen LogP contribution is 2.38. The Morgan fingerprint density at radius 2 is 2.00 bits per heavy atom. The third-order valence-corrected chi connectivity index (χ3v) is 2.78. The largest absolute Gasteiger partial charge is 0.481 e. The Morgan fingerprint density at radius 3 is 2.56 bits per heavy atom. The first kappa shape index (κ1) is 10.7. The summed E-state index contributed by atoms with van der Waals surface area (Å²) in [6.45, 7) is 1.25. The van der Waals surface area contributed by atoms with Gasteiger partial charge in [0, 0.05) is 25.5 Å². The van der Waals surface area contributed by atoms with Gasteiger partial charge in [0.25, 0.3) is 0 Å². The van der Waals surface area contributed by atoms with Crippen molar-refractivity contribution < 1.29 is 14.7 Å². The molecule has 2 rings (SSSR count). The standard InChI is InChI=1S/C11H14N2O3/c14-10(8-7-9(8)11(15)16)12-3-6-13-4-1-2-5-13/h1-2,4-5,8-9H,3,6-7H2,(H,12,14)(H,15,16)/t8-,9+/m1/s1. The van der Waals surface area contributed by atoms with Gasteiger partial charge in [0.1, 0.15) is 0 Å². The minimum Gasteiger partial charge on any atom is -0.481 e. The van der Waals surface area contributed by atoms with E-state index in [1.807, 2.05) is 29.1 Å². The lowest BCUT2D eigenvalue weighted by molar-refractivity contribution is -0.140. The first-order valence-corrected chi connectivity index (χ1v) is 5.30. The van der Waals surface area contributed by atoms with Gasteiger partial charge in [-0.15, -0.1) is 0 Å². The van der Waals surface area contributed by atoms with Crippen LogP contribution < -0.4 is 5.32 Å². The molecule has 1 aliphatic rings. The lowest BCUT2D eigenvalue weighted by Gasteiger charge is -2.05. The molecule has 1 saturated carbocycles. The van der Waals surface area contributed by atoms with Crippen LogP contribution >= 0.6 is 0 Å². The summed E-state index contributed by atoms with van der Waals surface area (Å²) in [5, 5.41) is 11.4. The highest BCUT2D eigenvalue weighted by atomic mass is 16.4. The predicted octanol–water partition coefficient (Wildman–Crippen LogP) is 0.325.